The lowest BCUT2D eigenvalue weighted by atomic mass is 9.94. The maximum atomic E-state index is 3.41. The first kappa shape index (κ1) is 11.4. The molecular formula is C12H25N3. The largest absolute Gasteiger partial charge is 0.314 e. The molecule has 0 bridgehead atoms. The van der Waals surface area contributed by atoms with Gasteiger partial charge in [-0.05, 0) is 32.2 Å². The molecule has 0 aliphatic carbocycles. The lowest BCUT2D eigenvalue weighted by Gasteiger charge is -2.40. The number of hydrogen-bond acceptors (Lipinski definition) is 3. The second-order valence-electron chi connectivity index (χ2n) is 5.30. The van der Waals surface area contributed by atoms with E-state index in [9.17, 15) is 0 Å². The van der Waals surface area contributed by atoms with E-state index in [0.717, 1.165) is 12.0 Å². The van der Waals surface area contributed by atoms with E-state index in [1.54, 1.807) is 0 Å². The van der Waals surface area contributed by atoms with Crippen LogP contribution < -0.4 is 5.32 Å². The Hall–Kier alpha value is -0.120. The summed E-state index contributed by atoms with van der Waals surface area (Å²) in [5.41, 5.74) is 0. The highest BCUT2D eigenvalue weighted by molar-refractivity contribution is 4.78. The molecule has 0 aromatic rings. The first-order valence-electron chi connectivity index (χ1n) is 6.43. The van der Waals surface area contributed by atoms with Crippen LogP contribution in [0.2, 0.25) is 0 Å². The zero-order valence-corrected chi connectivity index (χ0v) is 10.2. The second kappa shape index (κ2) is 5.28. The molecule has 3 nitrogen and oxygen atoms in total. The summed E-state index contributed by atoms with van der Waals surface area (Å²) >= 11 is 0. The fourth-order valence-electron chi connectivity index (χ4n) is 2.78. The van der Waals surface area contributed by atoms with Gasteiger partial charge in [0.2, 0.25) is 0 Å². The van der Waals surface area contributed by atoms with Crippen LogP contribution >= 0.6 is 0 Å². The van der Waals surface area contributed by atoms with Crippen molar-refractivity contribution in [3.63, 3.8) is 0 Å². The molecule has 15 heavy (non-hydrogen) atoms. The van der Waals surface area contributed by atoms with Crippen molar-refractivity contribution in [1.82, 2.24) is 15.1 Å². The fourth-order valence-corrected chi connectivity index (χ4v) is 2.78. The maximum Gasteiger partial charge on any atom is 0.0509 e. The molecule has 0 saturated carbocycles. The van der Waals surface area contributed by atoms with Gasteiger partial charge in [0.15, 0.2) is 0 Å². The molecule has 2 rings (SSSR count). The van der Waals surface area contributed by atoms with Crippen molar-refractivity contribution in [3.05, 3.63) is 0 Å². The van der Waals surface area contributed by atoms with Crippen LogP contribution in [-0.2, 0) is 0 Å². The zero-order valence-electron chi connectivity index (χ0n) is 10.2. The van der Waals surface area contributed by atoms with E-state index in [2.05, 4.69) is 29.0 Å². The Morgan fingerprint density at radius 1 is 1.13 bits per heavy atom. The van der Waals surface area contributed by atoms with E-state index in [1.807, 2.05) is 0 Å². The number of piperazine rings is 1. The predicted molar refractivity (Wildman–Crippen MR) is 63.9 cm³/mol. The van der Waals surface area contributed by atoms with Crippen LogP contribution in [0.25, 0.3) is 0 Å². The minimum atomic E-state index is 0.781. The highest BCUT2D eigenvalue weighted by atomic mass is 15.3. The van der Waals surface area contributed by atoms with E-state index in [0.29, 0.717) is 0 Å². The molecule has 2 unspecified atom stereocenters. The van der Waals surface area contributed by atoms with Crippen molar-refractivity contribution in [1.29, 1.82) is 0 Å². The number of piperidine rings is 1. The summed E-state index contributed by atoms with van der Waals surface area (Å²) in [5, 5.41) is 3.41. The lowest BCUT2D eigenvalue weighted by Crippen LogP contribution is -2.51. The van der Waals surface area contributed by atoms with Crippen molar-refractivity contribution < 1.29 is 0 Å². The highest BCUT2D eigenvalue weighted by Gasteiger charge is 2.24. The van der Waals surface area contributed by atoms with Crippen LogP contribution in [-0.4, -0.2) is 55.2 Å². The van der Waals surface area contributed by atoms with Crippen molar-refractivity contribution >= 4 is 0 Å². The van der Waals surface area contributed by atoms with Crippen molar-refractivity contribution in [2.24, 2.45) is 5.92 Å². The normalized spacial score (nSPS) is 35.6. The first-order valence-corrected chi connectivity index (χ1v) is 6.43. The Kier molecular flexibility index (Phi) is 4.00. The summed E-state index contributed by atoms with van der Waals surface area (Å²) in [6.45, 7) is 12.0. The van der Waals surface area contributed by atoms with Gasteiger partial charge in [-0.15, -0.1) is 0 Å². The van der Waals surface area contributed by atoms with Crippen LogP contribution in [0, 0.1) is 5.92 Å². The van der Waals surface area contributed by atoms with Crippen LogP contribution in [0.1, 0.15) is 26.7 Å². The quantitative estimate of drug-likeness (QED) is 0.734. The van der Waals surface area contributed by atoms with Gasteiger partial charge in [0, 0.05) is 32.2 Å². The molecule has 2 fully saturated rings. The Morgan fingerprint density at radius 2 is 1.87 bits per heavy atom. The van der Waals surface area contributed by atoms with E-state index < -0.39 is 0 Å². The van der Waals surface area contributed by atoms with Gasteiger partial charge in [-0.3, -0.25) is 9.80 Å². The molecular weight excluding hydrogens is 186 g/mol. The molecule has 3 heteroatoms. The van der Waals surface area contributed by atoms with Crippen molar-refractivity contribution in [3.8, 4) is 0 Å². The van der Waals surface area contributed by atoms with E-state index >= 15 is 0 Å². The van der Waals surface area contributed by atoms with Crippen LogP contribution in [0.15, 0.2) is 0 Å². The average molecular weight is 211 g/mol. The molecule has 0 aromatic heterocycles. The highest BCUT2D eigenvalue weighted by Crippen LogP contribution is 2.22. The minimum absolute atomic E-state index is 0.781. The summed E-state index contributed by atoms with van der Waals surface area (Å²) in [6, 6.07) is 0.781. The third-order valence-electron chi connectivity index (χ3n) is 3.87. The molecule has 2 atom stereocenters. The smallest absolute Gasteiger partial charge is 0.0509 e. The number of nitrogens with one attached hydrogen (secondary N) is 1. The van der Waals surface area contributed by atoms with Crippen molar-refractivity contribution in [2.75, 3.05) is 39.4 Å². The Morgan fingerprint density at radius 3 is 2.53 bits per heavy atom. The first-order chi connectivity index (χ1) is 7.25. The van der Waals surface area contributed by atoms with Gasteiger partial charge >= 0.3 is 0 Å². The summed E-state index contributed by atoms with van der Waals surface area (Å²) in [5.74, 6) is 0.930. The summed E-state index contributed by atoms with van der Waals surface area (Å²) in [7, 11) is 0. The number of nitrogens with zero attached hydrogens (tertiary/aromatic N) is 2. The summed E-state index contributed by atoms with van der Waals surface area (Å²) < 4.78 is 0. The van der Waals surface area contributed by atoms with Gasteiger partial charge in [-0.2, -0.15) is 0 Å². The summed E-state index contributed by atoms with van der Waals surface area (Å²) in [6.07, 6.45) is 2.77. The standard InChI is InChI=1S/C12H25N3/c1-11-3-6-15(12(2)9-11)10-14-7-4-13-5-8-14/h11-13H,3-10H2,1-2H3. The molecule has 2 heterocycles. The van der Waals surface area contributed by atoms with Gasteiger partial charge in [-0.1, -0.05) is 6.92 Å². The van der Waals surface area contributed by atoms with Crippen LogP contribution in [0.3, 0.4) is 0 Å². The molecule has 88 valence electrons. The Bertz CT molecular complexity index is 189. The topological polar surface area (TPSA) is 18.5 Å². The maximum absolute atomic E-state index is 3.41. The SMILES string of the molecule is CC1CCN(CN2CCNCC2)C(C)C1. The van der Waals surface area contributed by atoms with Crippen molar-refractivity contribution in [2.45, 2.75) is 32.7 Å². The van der Waals surface area contributed by atoms with Gasteiger partial charge < -0.3 is 5.32 Å². The van der Waals surface area contributed by atoms with E-state index in [-0.39, 0.29) is 0 Å². The zero-order chi connectivity index (χ0) is 10.7. The monoisotopic (exact) mass is 211 g/mol. The minimum Gasteiger partial charge on any atom is -0.314 e. The summed E-state index contributed by atoms with van der Waals surface area (Å²) in [4.78, 5) is 5.24. The molecule has 0 aromatic carbocycles. The number of hydrogen-bond donors (Lipinski definition) is 1. The van der Waals surface area contributed by atoms with Crippen LogP contribution in [0.5, 0.6) is 0 Å². The van der Waals surface area contributed by atoms with Gasteiger partial charge in [0.1, 0.15) is 0 Å². The molecule has 2 aliphatic heterocycles. The molecule has 0 spiro atoms. The molecule has 2 saturated heterocycles. The third kappa shape index (κ3) is 3.16. The predicted octanol–water partition coefficient (Wildman–Crippen LogP) is 0.970. The van der Waals surface area contributed by atoms with Gasteiger partial charge in [0.25, 0.3) is 0 Å². The second-order valence-corrected chi connectivity index (χ2v) is 5.30. The molecule has 0 radical (unpaired) electrons. The third-order valence-corrected chi connectivity index (χ3v) is 3.87. The van der Waals surface area contributed by atoms with Crippen LogP contribution in [0.4, 0.5) is 0 Å². The van der Waals surface area contributed by atoms with Gasteiger partial charge in [-0.25, -0.2) is 0 Å². The Labute approximate surface area is 93.8 Å². The molecule has 2 aliphatic rings. The van der Waals surface area contributed by atoms with E-state index in [4.69, 9.17) is 0 Å². The Balaban J connectivity index is 1.77. The fraction of sp³-hybridized carbons (Fsp3) is 1.00. The van der Waals surface area contributed by atoms with Gasteiger partial charge in [0.05, 0.1) is 6.67 Å². The number of rotatable bonds is 2. The molecule has 0 amide bonds. The number of likely N-dealkylation sites (tertiary alicyclic amines) is 1. The average Bonchev–Trinajstić information content (AvgIpc) is 2.24. The molecule has 1 N–H and O–H groups in total. The lowest BCUT2D eigenvalue weighted by molar-refractivity contribution is 0.0531. The van der Waals surface area contributed by atoms with E-state index in [1.165, 1.54) is 52.2 Å².